The third-order valence-electron chi connectivity index (χ3n) is 2.23. The van der Waals surface area contributed by atoms with E-state index in [2.05, 4.69) is 20.7 Å². The van der Waals surface area contributed by atoms with E-state index in [0.717, 1.165) is 0 Å². The van der Waals surface area contributed by atoms with Crippen LogP contribution in [0.3, 0.4) is 0 Å². The first-order valence-electron chi connectivity index (χ1n) is 5.45. The third kappa shape index (κ3) is 4.95. The van der Waals surface area contributed by atoms with Crippen LogP contribution < -0.4 is 4.74 Å². The van der Waals surface area contributed by atoms with Crippen molar-refractivity contribution in [2.75, 3.05) is 6.61 Å². The van der Waals surface area contributed by atoms with Crippen molar-refractivity contribution in [3.63, 3.8) is 0 Å². The highest BCUT2D eigenvalue weighted by molar-refractivity contribution is 9.08. The molecule has 0 atom stereocenters. The molecule has 0 N–H and O–H groups in total. The summed E-state index contributed by atoms with van der Waals surface area (Å²) in [6, 6.07) is 2.82. The highest BCUT2D eigenvalue weighted by Gasteiger charge is 2.15. The maximum Gasteiger partial charge on any atom is 0.387 e. The van der Waals surface area contributed by atoms with Crippen LogP contribution in [0.4, 0.5) is 8.78 Å². The molecule has 1 rings (SSSR count). The molecule has 0 heterocycles. The van der Waals surface area contributed by atoms with E-state index >= 15 is 0 Å². The predicted molar refractivity (Wildman–Crippen MR) is 71.1 cm³/mol. The van der Waals surface area contributed by atoms with Crippen LogP contribution in [0.25, 0.3) is 0 Å². The molecule has 0 spiro atoms. The third-order valence-corrected chi connectivity index (χ3v) is 3.19. The van der Waals surface area contributed by atoms with Gasteiger partial charge in [0.05, 0.1) is 13.0 Å². The lowest BCUT2D eigenvalue weighted by Gasteiger charge is -2.12. The fraction of sp³-hybridized carbons (Fsp3) is 0.417. The molecule has 1 aromatic rings. The number of rotatable bonds is 6. The van der Waals surface area contributed by atoms with Gasteiger partial charge in [0.25, 0.3) is 0 Å². The highest BCUT2D eigenvalue weighted by Crippen LogP contribution is 2.30. The Morgan fingerprint density at radius 3 is 2.63 bits per heavy atom. The van der Waals surface area contributed by atoms with E-state index in [4.69, 9.17) is 16.3 Å². The van der Waals surface area contributed by atoms with Gasteiger partial charge in [-0.3, -0.25) is 4.79 Å². The van der Waals surface area contributed by atoms with Crippen LogP contribution in [0, 0.1) is 0 Å². The highest BCUT2D eigenvalue weighted by atomic mass is 79.9. The zero-order chi connectivity index (χ0) is 14.4. The zero-order valence-corrected chi connectivity index (χ0v) is 12.4. The summed E-state index contributed by atoms with van der Waals surface area (Å²) in [5.41, 5.74) is 1.00. The van der Waals surface area contributed by atoms with Gasteiger partial charge in [-0.2, -0.15) is 8.78 Å². The quantitative estimate of drug-likeness (QED) is 0.571. The summed E-state index contributed by atoms with van der Waals surface area (Å²) in [6.45, 7) is -0.957. The van der Waals surface area contributed by atoms with E-state index in [1.807, 2.05) is 0 Å². The molecule has 7 heteroatoms. The molecule has 0 unspecified atom stereocenters. The molecule has 0 aliphatic rings. The van der Waals surface area contributed by atoms with Gasteiger partial charge < -0.3 is 9.47 Å². The molecule has 0 bridgehead atoms. The number of alkyl halides is 3. The largest absolute Gasteiger partial charge is 0.466 e. The molecule has 0 amide bonds. The van der Waals surface area contributed by atoms with Gasteiger partial charge in [-0.25, -0.2) is 0 Å². The fourth-order valence-corrected chi connectivity index (χ4v) is 2.12. The van der Waals surface area contributed by atoms with E-state index in [-0.39, 0.29) is 23.8 Å². The van der Waals surface area contributed by atoms with E-state index in [1.54, 1.807) is 13.0 Å². The molecule has 1 aromatic carbocycles. The Bertz CT molecular complexity index is 455. The summed E-state index contributed by atoms with van der Waals surface area (Å²) < 4.78 is 33.6. The van der Waals surface area contributed by atoms with Crippen LogP contribution in [0.15, 0.2) is 12.1 Å². The van der Waals surface area contributed by atoms with Crippen LogP contribution >= 0.6 is 27.5 Å². The number of ether oxygens (including phenoxy) is 2. The summed E-state index contributed by atoms with van der Waals surface area (Å²) in [4.78, 5) is 11.4. The maximum absolute atomic E-state index is 12.2. The summed E-state index contributed by atoms with van der Waals surface area (Å²) in [7, 11) is 0. The number of carbonyl (C=O) groups excluding carboxylic acids is 1. The summed E-state index contributed by atoms with van der Waals surface area (Å²) in [5, 5.41) is 0.496. The Balaban J connectivity index is 2.98. The van der Waals surface area contributed by atoms with Crippen molar-refractivity contribution >= 4 is 33.5 Å². The monoisotopic (exact) mass is 356 g/mol. The molecule has 19 heavy (non-hydrogen) atoms. The van der Waals surface area contributed by atoms with E-state index < -0.39 is 12.6 Å². The van der Waals surface area contributed by atoms with Gasteiger partial charge >= 0.3 is 12.6 Å². The van der Waals surface area contributed by atoms with Crippen molar-refractivity contribution in [1.82, 2.24) is 0 Å². The van der Waals surface area contributed by atoms with Crippen molar-refractivity contribution in [2.24, 2.45) is 0 Å². The van der Waals surface area contributed by atoms with Gasteiger partial charge in [0.2, 0.25) is 0 Å². The van der Waals surface area contributed by atoms with Gasteiger partial charge in [-0.1, -0.05) is 27.5 Å². The zero-order valence-electron chi connectivity index (χ0n) is 10.1. The molecule has 0 aliphatic carbocycles. The molecule has 0 fully saturated rings. The minimum Gasteiger partial charge on any atom is -0.466 e. The molecule has 3 nitrogen and oxygen atoms in total. The van der Waals surface area contributed by atoms with E-state index in [1.165, 1.54) is 6.07 Å². The lowest BCUT2D eigenvalue weighted by Crippen LogP contribution is -2.09. The van der Waals surface area contributed by atoms with Crippen molar-refractivity contribution in [3.8, 4) is 5.75 Å². The molecule has 0 aliphatic heterocycles. The number of benzene rings is 1. The minimum atomic E-state index is -2.93. The number of esters is 1. The second kappa shape index (κ2) is 7.65. The smallest absolute Gasteiger partial charge is 0.387 e. The first-order valence-corrected chi connectivity index (χ1v) is 6.95. The van der Waals surface area contributed by atoms with Gasteiger partial charge in [0, 0.05) is 15.9 Å². The first-order chi connectivity index (χ1) is 8.97. The van der Waals surface area contributed by atoms with Crippen molar-refractivity contribution in [2.45, 2.75) is 25.3 Å². The Labute approximate surface area is 123 Å². The van der Waals surface area contributed by atoms with Crippen LogP contribution in [-0.4, -0.2) is 19.2 Å². The topological polar surface area (TPSA) is 35.5 Å². The fourth-order valence-electron chi connectivity index (χ4n) is 1.46. The Morgan fingerprint density at radius 2 is 2.11 bits per heavy atom. The summed E-state index contributed by atoms with van der Waals surface area (Å²) >= 11 is 9.11. The average molecular weight is 358 g/mol. The van der Waals surface area contributed by atoms with E-state index in [0.29, 0.717) is 16.5 Å². The van der Waals surface area contributed by atoms with Crippen molar-refractivity contribution in [3.05, 3.63) is 28.3 Å². The van der Waals surface area contributed by atoms with Crippen LogP contribution in [-0.2, 0) is 21.3 Å². The molecular formula is C12H12BrClF2O3. The number of hydrogen-bond acceptors (Lipinski definition) is 3. The number of halogens is 4. The summed E-state index contributed by atoms with van der Waals surface area (Å²) in [6.07, 6.45) is -0.0123. The van der Waals surface area contributed by atoms with Gasteiger partial charge in [-0.05, 0) is 24.6 Å². The minimum absolute atomic E-state index is 0.00974. The molecule has 0 aromatic heterocycles. The second-order valence-electron chi connectivity index (χ2n) is 3.55. The van der Waals surface area contributed by atoms with Gasteiger partial charge in [-0.15, -0.1) is 0 Å². The van der Waals surface area contributed by atoms with E-state index in [9.17, 15) is 13.6 Å². The first kappa shape index (κ1) is 16.2. The van der Waals surface area contributed by atoms with Crippen LogP contribution in [0.2, 0.25) is 5.02 Å². The maximum atomic E-state index is 12.2. The molecule has 0 radical (unpaired) electrons. The summed E-state index contributed by atoms with van der Waals surface area (Å²) in [5.74, 6) is -0.433. The van der Waals surface area contributed by atoms with Crippen molar-refractivity contribution in [1.29, 1.82) is 0 Å². The lowest BCUT2D eigenvalue weighted by atomic mass is 10.1. The Hall–Kier alpha value is -0.880. The van der Waals surface area contributed by atoms with Crippen LogP contribution in [0.5, 0.6) is 5.75 Å². The lowest BCUT2D eigenvalue weighted by molar-refractivity contribution is -0.142. The molecule has 0 saturated carbocycles. The SMILES string of the molecule is CCOC(=O)Cc1cc(CBr)c(OC(F)F)cc1Cl. The molecule has 106 valence electrons. The normalized spacial score (nSPS) is 10.6. The second-order valence-corrected chi connectivity index (χ2v) is 4.51. The molecule has 0 saturated heterocycles. The Kier molecular flexibility index (Phi) is 6.51. The number of carbonyl (C=O) groups is 1. The number of hydrogen-bond donors (Lipinski definition) is 0. The van der Waals surface area contributed by atoms with Gasteiger partial charge in [0.15, 0.2) is 0 Å². The molecular weight excluding hydrogens is 345 g/mol. The van der Waals surface area contributed by atoms with Crippen LogP contribution in [0.1, 0.15) is 18.1 Å². The Morgan fingerprint density at radius 1 is 1.42 bits per heavy atom. The standard InChI is InChI=1S/C12H12BrClF2O3/c1-2-18-11(17)4-7-3-8(6-13)10(5-9(7)14)19-12(15)16/h3,5,12H,2,4,6H2,1H3. The van der Waals surface area contributed by atoms with Crippen molar-refractivity contribution < 1.29 is 23.0 Å². The average Bonchev–Trinajstić information content (AvgIpc) is 2.32. The van der Waals surface area contributed by atoms with Gasteiger partial charge in [0.1, 0.15) is 5.75 Å². The predicted octanol–water partition coefficient (Wildman–Crippen LogP) is 3.94.